The molecule has 4 heteroatoms. The highest BCUT2D eigenvalue weighted by atomic mass is 16.3. The van der Waals surface area contributed by atoms with Crippen molar-refractivity contribution in [3.63, 3.8) is 0 Å². The number of nitrogens with one attached hydrogen (secondary N) is 1. The van der Waals surface area contributed by atoms with E-state index in [1.54, 1.807) is 6.07 Å². The molecular weight excluding hydrogens is 240 g/mol. The summed E-state index contributed by atoms with van der Waals surface area (Å²) in [5.74, 6) is 0.207. The number of hydrogen-bond acceptors (Lipinski definition) is 3. The molecule has 0 radical (unpaired) electrons. The van der Waals surface area contributed by atoms with Gasteiger partial charge in [-0.05, 0) is 0 Å². The van der Waals surface area contributed by atoms with Crippen molar-refractivity contribution in [2.75, 3.05) is 0 Å². The zero-order valence-electron chi connectivity index (χ0n) is 10.8. The van der Waals surface area contributed by atoms with E-state index in [-0.39, 0.29) is 17.2 Å². The second-order valence-corrected chi connectivity index (χ2v) is 4.94. The van der Waals surface area contributed by atoms with Crippen LogP contribution in [0.5, 0.6) is 5.75 Å². The largest absolute Gasteiger partial charge is 0.507 e. The standard InChI is InChI=1S/C15H14N2O2/c1-8(2)13-15(19)16-11-7-12(18)9-5-3-4-6-10(9)14(11)17-13/h3-8,18H,1-2H3,(H,16,19). The van der Waals surface area contributed by atoms with Crippen LogP contribution >= 0.6 is 0 Å². The number of aromatic nitrogens is 2. The van der Waals surface area contributed by atoms with Crippen molar-refractivity contribution in [1.82, 2.24) is 9.97 Å². The second kappa shape index (κ2) is 4.09. The first kappa shape index (κ1) is 11.7. The maximum Gasteiger partial charge on any atom is 0.270 e. The number of benzene rings is 2. The van der Waals surface area contributed by atoms with Gasteiger partial charge in [-0.3, -0.25) is 4.79 Å². The highest BCUT2D eigenvalue weighted by molar-refractivity contribution is 6.06. The molecule has 1 aromatic heterocycles. The molecule has 4 nitrogen and oxygen atoms in total. The lowest BCUT2D eigenvalue weighted by atomic mass is 10.1. The zero-order chi connectivity index (χ0) is 13.6. The number of aromatic hydroxyl groups is 1. The summed E-state index contributed by atoms with van der Waals surface area (Å²) in [6.45, 7) is 3.87. The third kappa shape index (κ3) is 1.76. The molecule has 96 valence electrons. The Morgan fingerprint density at radius 1 is 1.21 bits per heavy atom. The van der Waals surface area contributed by atoms with E-state index < -0.39 is 0 Å². The van der Waals surface area contributed by atoms with Crippen molar-refractivity contribution in [2.45, 2.75) is 19.8 Å². The summed E-state index contributed by atoms with van der Waals surface area (Å²) in [7, 11) is 0. The van der Waals surface area contributed by atoms with Crippen molar-refractivity contribution in [3.05, 3.63) is 46.4 Å². The molecule has 0 amide bonds. The van der Waals surface area contributed by atoms with Crippen LogP contribution in [0, 0.1) is 0 Å². The lowest BCUT2D eigenvalue weighted by Gasteiger charge is -2.08. The van der Waals surface area contributed by atoms with E-state index in [1.807, 2.05) is 38.1 Å². The van der Waals surface area contributed by atoms with E-state index >= 15 is 0 Å². The molecule has 0 atom stereocenters. The first-order valence-electron chi connectivity index (χ1n) is 6.22. The molecule has 0 aliphatic heterocycles. The van der Waals surface area contributed by atoms with Gasteiger partial charge in [0.2, 0.25) is 0 Å². The minimum atomic E-state index is -0.197. The van der Waals surface area contributed by atoms with Crippen LogP contribution in [-0.2, 0) is 0 Å². The van der Waals surface area contributed by atoms with Crippen LogP contribution in [0.2, 0.25) is 0 Å². The number of rotatable bonds is 1. The van der Waals surface area contributed by atoms with E-state index in [4.69, 9.17) is 0 Å². The average Bonchev–Trinajstić information content (AvgIpc) is 2.38. The third-order valence-corrected chi connectivity index (χ3v) is 3.25. The molecule has 0 saturated heterocycles. The van der Waals surface area contributed by atoms with Crippen molar-refractivity contribution >= 4 is 21.8 Å². The Bertz CT molecular complexity index is 835. The summed E-state index contributed by atoms with van der Waals surface area (Å²) in [5.41, 5.74) is 1.60. The number of hydrogen-bond donors (Lipinski definition) is 2. The summed E-state index contributed by atoms with van der Waals surface area (Å²) in [4.78, 5) is 19.2. The summed E-state index contributed by atoms with van der Waals surface area (Å²) in [5, 5.41) is 11.6. The summed E-state index contributed by atoms with van der Waals surface area (Å²) >= 11 is 0. The van der Waals surface area contributed by atoms with Gasteiger partial charge >= 0.3 is 0 Å². The minimum Gasteiger partial charge on any atom is -0.507 e. The highest BCUT2D eigenvalue weighted by Gasteiger charge is 2.12. The molecule has 1 heterocycles. The molecule has 3 rings (SSSR count). The Balaban J connectivity index is 2.53. The molecule has 0 spiro atoms. The van der Waals surface area contributed by atoms with Crippen LogP contribution in [0.25, 0.3) is 21.8 Å². The van der Waals surface area contributed by atoms with Crippen molar-refractivity contribution in [2.24, 2.45) is 0 Å². The van der Waals surface area contributed by atoms with Crippen molar-refractivity contribution in [3.8, 4) is 5.75 Å². The molecule has 3 aromatic rings. The van der Waals surface area contributed by atoms with Gasteiger partial charge in [-0.25, -0.2) is 4.98 Å². The predicted molar refractivity (Wildman–Crippen MR) is 75.6 cm³/mol. The van der Waals surface area contributed by atoms with Crippen LogP contribution in [0.15, 0.2) is 35.1 Å². The molecule has 19 heavy (non-hydrogen) atoms. The van der Waals surface area contributed by atoms with Gasteiger partial charge in [-0.1, -0.05) is 38.1 Å². The Labute approximate surface area is 109 Å². The summed E-state index contributed by atoms with van der Waals surface area (Å²) in [6, 6.07) is 9.04. The van der Waals surface area contributed by atoms with E-state index in [1.165, 1.54) is 0 Å². The third-order valence-electron chi connectivity index (χ3n) is 3.25. The van der Waals surface area contributed by atoms with Crippen LogP contribution in [-0.4, -0.2) is 15.1 Å². The monoisotopic (exact) mass is 254 g/mol. The minimum absolute atomic E-state index is 0.0562. The highest BCUT2D eigenvalue weighted by Crippen LogP contribution is 2.30. The van der Waals surface area contributed by atoms with Crippen LogP contribution in [0.4, 0.5) is 0 Å². The molecule has 2 N–H and O–H groups in total. The first-order chi connectivity index (χ1) is 9.08. The van der Waals surface area contributed by atoms with Crippen molar-refractivity contribution in [1.29, 1.82) is 0 Å². The van der Waals surface area contributed by atoms with Crippen molar-refractivity contribution < 1.29 is 5.11 Å². The van der Waals surface area contributed by atoms with E-state index in [9.17, 15) is 9.90 Å². The molecule has 2 aromatic carbocycles. The molecule has 0 aliphatic rings. The normalized spacial score (nSPS) is 11.5. The molecular formula is C15H14N2O2. The first-order valence-corrected chi connectivity index (χ1v) is 6.22. The van der Waals surface area contributed by atoms with Gasteiger partial charge in [0.1, 0.15) is 11.4 Å². The van der Waals surface area contributed by atoms with Gasteiger partial charge in [-0.2, -0.15) is 0 Å². The van der Waals surface area contributed by atoms with Gasteiger partial charge in [0.15, 0.2) is 0 Å². The fourth-order valence-corrected chi connectivity index (χ4v) is 2.31. The average molecular weight is 254 g/mol. The number of phenolic OH excluding ortho intramolecular Hbond substituents is 1. The van der Waals surface area contributed by atoms with E-state index in [0.717, 1.165) is 16.3 Å². The summed E-state index contributed by atoms with van der Waals surface area (Å²) in [6.07, 6.45) is 0. The Kier molecular flexibility index (Phi) is 2.52. The predicted octanol–water partition coefficient (Wildman–Crippen LogP) is 2.91. The molecule has 0 saturated carbocycles. The maximum absolute atomic E-state index is 11.9. The fourth-order valence-electron chi connectivity index (χ4n) is 2.31. The number of phenols is 1. The lowest BCUT2D eigenvalue weighted by molar-refractivity contribution is 0.482. The topological polar surface area (TPSA) is 66.0 Å². The number of H-pyrrole nitrogens is 1. The van der Waals surface area contributed by atoms with Gasteiger partial charge < -0.3 is 10.1 Å². The van der Waals surface area contributed by atoms with E-state index in [0.29, 0.717) is 11.2 Å². The maximum atomic E-state index is 11.9. The molecule has 0 unspecified atom stereocenters. The van der Waals surface area contributed by atoms with Gasteiger partial charge in [0.25, 0.3) is 5.56 Å². The smallest absolute Gasteiger partial charge is 0.270 e. The molecule has 0 bridgehead atoms. The fraction of sp³-hybridized carbons (Fsp3) is 0.200. The Hall–Kier alpha value is -2.36. The van der Waals surface area contributed by atoms with Gasteiger partial charge in [-0.15, -0.1) is 0 Å². The zero-order valence-corrected chi connectivity index (χ0v) is 10.8. The van der Waals surface area contributed by atoms with Crippen LogP contribution in [0.3, 0.4) is 0 Å². The Morgan fingerprint density at radius 3 is 2.58 bits per heavy atom. The second-order valence-electron chi connectivity index (χ2n) is 4.94. The number of fused-ring (bicyclic) bond motifs is 3. The van der Waals surface area contributed by atoms with Gasteiger partial charge in [0.05, 0.1) is 11.0 Å². The SMILES string of the molecule is CC(C)c1nc2c(cc(O)c3ccccc32)[nH]c1=O. The Morgan fingerprint density at radius 2 is 1.89 bits per heavy atom. The van der Waals surface area contributed by atoms with Crippen LogP contribution in [0.1, 0.15) is 25.5 Å². The molecule has 0 fully saturated rings. The number of nitrogens with zero attached hydrogens (tertiary/aromatic N) is 1. The number of aromatic amines is 1. The molecule has 0 aliphatic carbocycles. The summed E-state index contributed by atoms with van der Waals surface area (Å²) < 4.78 is 0. The van der Waals surface area contributed by atoms with E-state index in [2.05, 4.69) is 9.97 Å². The quantitative estimate of drug-likeness (QED) is 0.656. The van der Waals surface area contributed by atoms with Crippen LogP contribution < -0.4 is 5.56 Å². The lowest BCUT2D eigenvalue weighted by Crippen LogP contribution is -2.16. The van der Waals surface area contributed by atoms with Gasteiger partial charge in [0, 0.05) is 22.8 Å².